The minimum atomic E-state index is -4.74. The number of anilines is 2. The predicted octanol–water partition coefficient (Wildman–Crippen LogP) is 4.77. The number of para-hydroxylation sites is 1. The van der Waals surface area contributed by atoms with Gasteiger partial charge in [-0.2, -0.15) is 13.2 Å². The lowest BCUT2D eigenvalue weighted by atomic mass is 10.2. The fourth-order valence-corrected chi connectivity index (χ4v) is 3.86. The lowest BCUT2D eigenvalue weighted by Gasteiger charge is -2.16. The molecule has 0 saturated carbocycles. The molecule has 0 radical (unpaired) electrons. The van der Waals surface area contributed by atoms with Gasteiger partial charge in [-0.25, -0.2) is 8.42 Å². The second-order valence-electron chi connectivity index (χ2n) is 6.33. The molecule has 2 N–H and O–H groups in total. The van der Waals surface area contributed by atoms with E-state index in [0.717, 1.165) is 30.3 Å². The van der Waals surface area contributed by atoms with Crippen molar-refractivity contribution in [1.29, 1.82) is 0 Å². The molecule has 31 heavy (non-hydrogen) atoms. The first-order valence-electron chi connectivity index (χ1n) is 8.85. The summed E-state index contributed by atoms with van der Waals surface area (Å²) in [6, 6.07) is 16.0. The van der Waals surface area contributed by atoms with E-state index in [-0.39, 0.29) is 16.3 Å². The lowest BCUT2D eigenvalue weighted by Crippen LogP contribution is -2.18. The smallest absolute Gasteiger partial charge is 0.418 e. The van der Waals surface area contributed by atoms with Crippen LogP contribution in [0.15, 0.2) is 77.7 Å². The molecule has 0 fully saturated rings. The van der Waals surface area contributed by atoms with E-state index in [1.54, 1.807) is 30.3 Å². The summed E-state index contributed by atoms with van der Waals surface area (Å²) in [4.78, 5) is 12.1. The average molecular weight is 450 g/mol. The van der Waals surface area contributed by atoms with Crippen molar-refractivity contribution in [3.63, 3.8) is 0 Å². The predicted molar refractivity (Wildman–Crippen MR) is 110 cm³/mol. The summed E-state index contributed by atoms with van der Waals surface area (Å²) < 4.78 is 72.2. The zero-order chi connectivity index (χ0) is 22.6. The minimum absolute atomic E-state index is 0.0448. The van der Waals surface area contributed by atoms with Crippen molar-refractivity contribution < 1.29 is 31.1 Å². The summed E-state index contributed by atoms with van der Waals surface area (Å²) in [6.45, 7) is 0. The van der Waals surface area contributed by atoms with E-state index < -0.39 is 33.4 Å². The van der Waals surface area contributed by atoms with Crippen molar-refractivity contribution in [2.45, 2.75) is 11.1 Å². The number of carbonyl (C=O) groups excluding carboxylic acids is 1. The molecular formula is C21H17F3N2O4S. The summed E-state index contributed by atoms with van der Waals surface area (Å²) in [6.07, 6.45) is -4.74. The Bertz CT molecular complexity index is 1200. The van der Waals surface area contributed by atoms with E-state index in [9.17, 15) is 26.4 Å². The molecule has 0 aliphatic carbocycles. The van der Waals surface area contributed by atoms with Gasteiger partial charge in [0.2, 0.25) is 0 Å². The van der Waals surface area contributed by atoms with Gasteiger partial charge < -0.3 is 10.1 Å². The van der Waals surface area contributed by atoms with E-state index in [1.807, 2.05) is 4.72 Å². The van der Waals surface area contributed by atoms with Gasteiger partial charge in [0.05, 0.1) is 28.9 Å². The zero-order valence-corrected chi connectivity index (χ0v) is 16.9. The maximum Gasteiger partial charge on any atom is 0.418 e. The first kappa shape index (κ1) is 22.2. The first-order chi connectivity index (χ1) is 14.6. The summed E-state index contributed by atoms with van der Waals surface area (Å²) >= 11 is 0. The number of hydrogen-bond acceptors (Lipinski definition) is 4. The molecule has 10 heteroatoms. The highest BCUT2D eigenvalue weighted by Gasteiger charge is 2.34. The first-order valence-corrected chi connectivity index (χ1v) is 10.3. The number of amides is 1. The van der Waals surface area contributed by atoms with Crippen molar-refractivity contribution in [3.8, 4) is 5.75 Å². The molecule has 3 aromatic rings. The standard InChI is InChI=1S/C21H17F3N2O4S/c1-30-19-12-11-15(13-18(19)25-20(27)14-7-3-2-4-8-14)31(28,29)26-17-10-6-5-9-16(17)21(22,23)24/h2-13,26H,1H3,(H,25,27). The van der Waals surface area contributed by atoms with Gasteiger partial charge in [0.25, 0.3) is 15.9 Å². The molecule has 162 valence electrons. The van der Waals surface area contributed by atoms with Crippen LogP contribution in [-0.4, -0.2) is 21.4 Å². The Balaban J connectivity index is 1.94. The Kier molecular flexibility index (Phi) is 6.21. The van der Waals surface area contributed by atoms with Crippen molar-refractivity contribution in [2.75, 3.05) is 17.1 Å². The highest BCUT2D eigenvalue weighted by Crippen LogP contribution is 2.36. The quantitative estimate of drug-likeness (QED) is 0.567. The van der Waals surface area contributed by atoms with Crippen LogP contribution < -0.4 is 14.8 Å². The second-order valence-corrected chi connectivity index (χ2v) is 8.01. The lowest BCUT2D eigenvalue weighted by molar-refractivity contribution is -0.136. The van der Waals surface area contributed by atoms with Crippen LogP contribution in [0, 0.1) is 0 Å². The molecule has 0 saturated heterocycles. The molecule has 0 spiro atoms. The number of alkyl halides is 3. The van der Waals surface area contributed by atoms with Gasteiger partial charge in [0.1, 0.15) is 5.75 Å². The number of hydrogen-bond donors (Lipinski definition) is 2. The number of nitrogens with one attached hydrogen (secondary N) is 2. The second kappa shape index (κ2) is 8.68. The van der Waals surface area contributed by atoms with Crippen LogP contribution in [0.1, 0.15) is 15.9 Å². The molecule has 0 aromatic heterocycles. The van der Waals surface area contributed by atoms with E-state index in [4.69, 9.17) is 4.74 Å². The van der Waals surface area contributed by atoms with Gasteiger partial charge in [-0.1, -0.05) is 30.3 Å². The van der Waals surface area contributed by atoms with Crippen molar-refractivity contribution in [3.05, 3.63) is 83.9 Å². The molecule has 0 atom stereocenters. The van der Waals surface area contributed by atoms with Crippen LogP contribution >= 0.6 is 0 Å². The van der Waals surface area contributed by atoms with Crippen LogP contribution in [-0.2, 0) is 16.2 Å². The van der Waals surface area contributed by atoms with Gasteiger partial charge in [-0.3, -0.25) is 9.52 Å². The van der Waals surface area contributed by atoms with Crippen LogP contribution in [0.2, 0.25) is 0 Å². The van der Waals surface area contributed by atoms with Gasteiger partial charge in [0.15, 0.2) is 0 Å². The third-order valence-corrected chi connectivity index (χ3v) is 5.61. The Hall–Kier alpha value is -3.53. The maximum atomic E-state index is 13.2. The molecular weight excluding hydrogens is 433 g/mol. The van der Waals surface area contributed by atoms with Crippen LogP contribution in [0.4, 0.5) is 24.5 Å². The molecule has 0 unspecified atom stereocenters. The van der Waals surface area contributed by atoms with Crippen molar-refractivity contribution in [2.24, 2.45) is 0 Å². The maximum absolute atomic E-state index is 13.2. The van der Waals surface area contributed by atoms with Crippen LogP contribution in [0.3, 0.4) is 0 Å². The number of halogens is 3. The highest BCUT2D eigenvalue weighted by atomic mass is 32.2. The third-order valence-electron chi connectivity index (χ3n) is 4.24. The van der Waals surface area contributed by atoms with Gasteiger partial charge in [-0.15, -0.1) is 0 Å². The molecule has 3 rings (SSSR count). The number of rotatable bonds is 6. The average Bonchev–Trinajstić information content (AvgIpc) is 2.73. The Morgan fingerprint density at radius 1 is 0.903 bits per heavy atom. The Labute approximate surface area is 176 Å². The molecule has 0 heterocycles. The summed E-state index contributed by atoms with van der Waals surface area (Å²) in [5.41, 5.74) is -1.36. The fourth-order valence-electron chi connectivity index (χ4n) is 2.76. The van der Waals surface area contributed by atoms with E-state index in [0.29, 0.717) is 5.56 Å². The SMILES string of the molecule is COc1ccc(S(=O)(=O)Nc2ccccc2C(F)(F)F)cc1NC(=O)c1ccccc1. The van der Waals surface area contributed by atoms with Gasteiger partial charge in [0, 0.05) is 5.56 Å². The van der Waals surface area contributed by atoms with Crippen LogP contribution in [0.25, 0.3) is 0 Å². The van der Waals surface area contributed by atoms with Crippen molar-refractivity contribution >= 4 is 27.3 Å². The number of methoxy groups -OCH3 is 1. The fraction of sp³-hybridized carbons (Fsp3) is 0.0952. The minimum Gasteiger partial charge on any atom is -0.495 e. The number of carbonyl (C=O) groups is 1. The van der Waals surface area contributed by atoms with E-state index in [2.05, 4.69) is 5.32 Å². The normalized spacial score (nSPS) is 11.6. The number of ether oxygens (including phenoxy) is 1. The molecule has 3 aromatic carbocycles. The molecule has 6 nitrogen and oxygen atoms in total. The monoisotopic (exact) mass is 450 g/mol. The molecule has 1 amide bonds. The van der Waals surface area contributed by atoms with E-state index in [1.165, 1.54) is 19.2 Å². The molecule has 0 aliphatic heterocycles. The van der Waals surface area contributed by atoms with Gasteiger partial charge in [-0.05, 0) is 42.5 Å². The summed E-state index contributed by atoms with van der Waals surface area (Å²) in [7, 11) is -3.07. The van der Waals surface area contributed by atoms with Gasteiger partial charge >= 0.3 is 6.18 Å². The molecule has 0 aliphatic rings. The van der Waals surface area contributed by atoms with Crippen molar-refractivity contribution in [1.82, 2.24) is 0 Å². The molecule has 0 bridgehead atoms. The largest absolute Gasteiger partial charge is 0.495 e. The number of benzene rings is 3. The summed E-state index contributed by atoms with van der Waals surface area (Å²) in [5, 5.41) is 2.55. The highest BCUT2D eigenvalue weighted by molar-refractivity contribution is 7.92. The Morgan fingerprint density at radius 2 is 1.55 bits per heavy atom. The Morgan fingerprint density at radius 3 is 2.19 bits per heavy atom. The third kappa shape index (κ3) is 5.15. The zero-order valence-electron chi connectivity index (χ0n) is 16.1. The van der Waals surface area contributed by atoms with E-state index >= 15 is 0 Å². The summed E-state index contributed by atoms with van der Waals surface area (Å²) in [5.74, 6) is -0.331. The number of sulfonamides is 1. The topological polar surface area (TPSA) is 84.5 Å². The van der Waals surface area contributed by atoms with Crippen LogP contribution in [0.5, 0.6) is 5.75 Å².